The number of carbonyl (C=O) groups is 1. The first-order chi connectivity index (χ1) is 22.5. The topological polar surface area (TPSA) is 87.5 Å². The van der Waals surface area contributed by atoms with E-state index in [9.17, 15) is 4.79 Å². The molecule has 10 heteroatoms. The van der Waals surface area contributed by atoms with Gasteiger partial charge in [0.05, 0.1) is 23.3 Å². The summed E-state index contributed by atoms with van der Waals surface area (Å²) in [5.74, 6) is 2.19. The molecule has 1 saturated carbocycles. The van der Waals surface area contributed by atoms with Crippen molar-refractivity contribution in [3.8, 4) is 11.5 Å². The van der Waals surface area contributed by atoms with Gasteiger partial charge >= 0.3 is 5.97 Å². The molecule has 1 aromatic heterocycles. The summed E-state index contributed by atoms with van der Waals surface area (Å²) in [6, 6.07) is 23.8. The van der Waals surface area contributed by atoms with Gasteiger partial charge in [0.15, 0.2) is 11.5 Å². The van der Waals surface area contributed by atoms with Crippen LogP contribution in [0.4, 0.5) is 5.95 Å². The maximum Gasteiger partial charge on any atom is 0.338 e. The largest absolute Gasteiger partial charge is 0.490 e. The van der Waals surface area contributed by atoms with Gasteiger partial charge in [0, 0.05) is 17.9 Å². The first kappa shape index (κ1) is 32.2. The second-order valence-corrected chi connectivity index (χ2v) is 13.3. The number of esters is 1. The van der Waals surface area contributed by atoms with Gasteiger partial charge < -0.3 is 19.5 Å². The number of hydrogen-bond donors (Lipinski definition) is 1. The monoisotopic (exact) mass is 702 g/mol. The first-order valence-corrected chi connectivity index (χ1v) is 17.7. The van der Waals surface area contributed by atoms with E-state index in [1.807, 2.05) is 62.4 Å². The van der Waals surface area contributed by atoms with Crippen LogP contribution in [-0.2, 0) is 21.7 Å². The number of rotatable bonds is 12. The van der Waals surface area contributed by atoms with Crippen LogP contribution in [0.3, 0.4) is 0 Å². The third kappa shape index (κ3) is 7.61. The summed E-state index contributed by atoms with van der Waals surface area (Å²) < 4.78 is 21.1. The van der Waals surface area contributed by atoms with Crippen LogP contribution < -0.4 is 14.8 Å². The van der Waals surface area contributed by atoms with E-state index in [2.05, 4.69) is 45.5 Å². The molecule has 1 fully saturated rings. The van der Waals surface area contributed by atoms with Crippen LogP contribution >= 0.6 is 27.7 Å². The van der Waals surface area contributed by atoms with Gasteiger partial charge in [-0.25, -0.2) is 9.48 Å². The number of hydrogen-bond acceptors (Lipinski definition) is 8. The van der Waals surface area contributed by atoms with Crippen molar-refractivity contribution >= 4 is 39.6 Å². The minimum Gasteiger partial charge on any atom is -0.490 e. The van der Waals surface area contributed by atoms with E-state index < -0.39 is 6.04 Å². The highest BCUT2D eigenvalue weighted by atomic mass is 79.9. The summed E-state index contributed by atoms with van der Waals surface area (Å²) in [6.45, 7) is 4.79. The van der Waals surface area contributed by atoms with Crippen molar-refractivity contribution in [2.45, 2.75) is 75.4 Å². The van der Waals surface area contributed by atoms with Crippen LogP contribution in [0.2, 0.25) is 0 Å². The van der Waals surface area contributed by atoms with Gasteiger partial charge in [-0.05, 0) is 84.3 Å². The molecule has 8 nitrogen and oxygen atoms in total. The quantitative estimate of drug-likeness (QED) is 0.116. The van der Waals surface area contributed by atoms with E-state index in [1.54, 1.807) is 16.4 Å². The van der Waals surface area contributed by atoms with E-state index in [4.69, 9.17) is 24.3 Å². The predicted molar refractivity (Wildman–Crippen MR) is 184 cm³/mol. The molecule has 0 radical (unpaired) electrons. The van der Waals surface area contributed by atoms with Crippen molar-refractivity contribution < 1.29 is 19.0 Å². The lowest BCUT2D eigenvalue weighted by Gasteiger charge is -2.30. The average Bonchev–Trinajstić information content (AvgIpc) is 3.48. The molecule has 0 spiro atoms. The van der Waals surface area contributed by atoms with Gasteiger partial charge in [-0.2, -0.15) is 4.98 Å². The van der Waals surface area contributed by atoms with Gasteiger partial charge in [0.2, 0.25) is 11.1 Å². The zero-order valence-corrected chi connectivity index (χ0v) is 28.6. The van der Waals surface area contributed by atoms with Gasteiger partial charge in [-0.1, -0.05) is 78.8 Å². The summed E-state index contributed by atoms with van der Waals surface area (Å²) in [7, 11) is 0. The molecule has 0 amide bonds. The molecule has 0 bridgehead atoms. The zero-order valence-electron chi connectivity index (χ0n) is 26.2. The SMILES string of the molecule is CCOc1cc(C2C(C(=O)OC3CCCCC3)=C(C)Nc3nc(SCc4ccccc4)nn32)cc(Br)c1OCCc1ccccc1. The van der Waals surface area contributed by atoms with Crippen molar-refractivity contribution in [3.05, 3.63) is 105 Å². The maximum absolute atomic E-state index is 14.0. The van der Waals surface area contributed by atoms with E-state index >= 15 is 0 Å². The maximum atomic E-state index is 14.0. The molecule has 2 heterocycles. The Morgan fingerprint density at radius 1 is 1.00 bits per heavy atom. The second kappa shape index (κ2) is 15.2. The Kier molecular flexibility index (Phi) is 10.7. The number of thioether (sulfide) groups is 1. The number of fused-ring (bicyclic) bond motifs is 1. The van der Waals surface area contributed by atoms with Crippen LogP contribution in [0.5, 0.6) is 11.5 Å². The number of ether oxygens (including phenoxy) is 3. The number of benzene rings is 3. The smallest absolute Gasteiger partial charge is 0.338 e. The van der Waals surface area contributed by atoms with Crippen molar-refractivity contribution in [3.63, 3.8) is 0 Å². The average molecular weight is 704 g/mol. The van der Waals surface area contributed by atoms with Gasteiger partial charge in [-0.15, -0.1) is 5.10 Å². The number of carbonyl (C=O) groups excluding carboxylic acids is 1. The van der Waals surface area contributed by atoms with Crippen LogP contribution in [0, 0.1) is 0 Å². The molecule has 3 aromatic carbocycles. The number of allylic oxidation sites excluding steroid dienone is 1. The van der Waals surface area contributed by atoms with Crippen molar-refractivity contribution in [2.75, 3.05) is 18.5 Å². The summed E-state index contributed by atoms with van der Waals surface area (Å²) in [5, 5.41) is 8.89. The number of halogens is 1. The summed E-state index contributed by atoms with van der Waals surface area (Å²) in [6.07, 6.45) is 5.79. The summed E-state index contributed by atoms with van der Waals surface area (Å²) in [4.78, 5) is 18.8. The first-order valence-electron chi connectivity index (χ1n) is 15.9. The molecule has 6 rings (SSSR count). The molecule has 1 aliphatic carbocycles. The highest BCUT2D eigenvalue weighted by Gasteiger charge is 2.37. The summed E-state index contributed by atoms with van der Waals surface area (Å²) in [5.41, 5.74) is 4.40. The van der Waals surface area contributed by atoms with E-state index in [0.29, 0.717) is 47.1 Å². The standard InChI is InChI=1S/C36H39BrN4O4S/c1-3-43-30-22-27(21-29(37)33(30)44-20-19-25-13-7-4-8-14-25)32-31(34(42)45-28-17-11-6-12-18-28)24(2)38-35-39-36(40-41(32)35)46-23-26-15-9-5-10-16-26/h4-5,7-10,13-16,21-22,28,32H,3,6,11-12,17-20,23H2,1-2H3,(H,38,39,40). The lowest BCUT2D eigenvalue weighted by atomic mass is 9.94. The fourth-order valence-electron chi connectivity index (χ4n) is 5.95. The van der Waals surface area contributed by atoms with Crippen LogP contribution in [-0.4, -0.2) is 40.1 Å². The summed E-state index contributed by atoms with van der Waals surface area (Å²) >= 11 is 5.32. The van der Waals surface area contributed by atoms with Crippen LogP contribution in [0.15, 0.2) is 93.7 Å². The minimum absolute atomic E-state index is 0.0811. The van der Waals surface area contributed by atoms with Crippen LogP contribution in [0.25, 0.3) is 0 Å². The molecule has 2 aliphatic rings. The molecule has 1 atom stereocenters. The predicted octanol–water partition coefficient (Wildman–Crippen LogP) is 8.52. The van der Waals surface area contributed by atoms with E-state index in [-0.39, 0.29) is 12.1 Å². The molecule has 4 aromatic rings. The molecule has 46 heavy (non-hydrogen) atoms. The van der Waals surface area contributed by atoms with Gasteiger partial charge in [0.25, 0.3) is 0 Å². The minimum atomic E-state index is -0.584. The molecule has 1 unspecified atom stereocenters. The Morgan fingerprint density at radius 2 is 1.72 bits per heavy atom. The third-order valence-electron chi connectivity index (χ3n) is 8.22. The second-order valence-electron chi connectivity index (χ2n) is 11.5. The Hall–Kier alpha value is -3.76. The normalized spacial score (nSPS) is 16.5. The number of nitrogens with zero attached hydrogens (tertiary/aromatic N) is 3. The van der Waals surface area contributed by atoms with Crippen molar-refractivity contribution in [1.29, 1.82) is 0 Å². The molecular formula is C36H39BrN4O4S. The lowest BCUT2D eigenvalue weighted by Crippen LogP contribution is -2.32. The zero-order chi connectivity index (χ0) is 31.9. The Morgan fingerprint density at radius 3 is 2.43 bits per heavy atom. The molecule has 240 valence electrons. The van der Waals surface area contributed by atoms with Gasteiger partial charge in [-0.3, -0.25) is 0 Å². The molecular weight excluding hydrogens is 664 g/mol. The van der Waals surface area contributed by atoms with E-state index in [0.717, 1.165) is 47.9 Å². The third-order valence-corrected chi connectivity index (χ3v) is 9.71. The highest BCUT2D eigenvalue weighted by Crippen LogP contribution is 2.44. The van der Waals surface area contributed by atoms with Crippen molar-refractivity contribution in [2.24, 2.45) is 0 Å². The Labute approximate surface area is 283 Å². The highest BCUT2D eigenvalue weighted by molar-refractivity contribution is 9.10. The van der Waals surface area contributed by atoms with Crippen molar-refractivity contribution in [1.82, 2.24) is 14.8 Å². The lowest BCUT2D eigenvalue weighted by molar-refractivity contribution is -0.146. The fraction of sp³-hybridized carbons (Fsp3) is 0.361. The molecule has 1 aliphatic heterocycles. The fourth-order valence-corrected chi connectivity index (χ4v) is 7.31. The number of anilines is 1. The van der Waals surface area contributed by atoms with Gasteiger partial charge in [0.1, 0.15) is 12.1 Å². The Bertz CT molecular complexity index is 1670. The van der Waals surface area contributed by atoms with Crippen LogP contribution in [0.1, 0.15) is 68.7 Å². The molecule has 1 N–H and O–H groups in total. The molecule has 0 saturated heterocycles. The Balaban J connectivity index is 1.33. The number of aromatic nitrogens is 3. The number of nitrogens with one attached hydrogen (secondary N) is 1. The van der Waals surface area contributed by atoms with E-state index in [1.165, 1.54) is 17.5 Å².